The van der Waals surface area contributed by atoms with Crippen LogP contribution < -0.4 is 0 Å². The topological polar surface area (TPSA) is 20.2 Å². The van der Waals surface area contributed by atoms with E-state index in [1.54, 1.807) is 6.92 Å². The molecule has 0 aliphatic heterocycles. The van der Waals surface area contributed by atoms with E-state index in [0.29, 0.717) is 5.02 Å². The predicted molar refractivity (Wildman–Crippen MR) is 74.8 cm³/mol. The molecule has 1 saturated carbocycles. The van der Waals surface area contributed by atoms with E-state index in [1.807, 2.05) is 23.9 Å². The summed E-state index contributed by atoms with van der Waals surface area (Å²) in [4.78, 5) is 1.21. The molecule has 0 saturated heterocycles. The van der Waals surface area contributed by atoms with Crippen LogP contribution in [-0.4, -0.2) is 10.9 Å². The molecule has 0 amide bonds. The van der Waals surface area contributed by atoms with Gasteiger partial charge in [-0.15, -0.1) is 11.8 Å². The Morgan fingerprint density at radius 2 is 2.12 bits per heavy atom. The molecule has 1 atom stereocenters. The average Bonchev–Trinajstić information content (AvgIpc) is 2.78. The van der Waals surface area contributed by atoms with Gasteiger partial charge in [0.15, 0.2) is 0 Å². The minimum absolute atomic E-state index is 0.489. The van der Waals surface area contributed by atoms with Crippen molar-refractivity contribution in [3.05, 3.63) is 28.8 Å². The van der Waals surface area contributed by atoms with Gasteiger partial charge in [0.05, 0.1) is 6.10 Å². The lowest BCUT2D eigenvalue weighted by molar-refractivity contribution is 0.199. The summed E-state index contributed by atoms with van der Waals surface area (Å²) in [5, 5.41) is 10.2. The van der Waals surface area contributed by atoms with E-state index in [1.165, 1.54) is 36.3 Å². The van der Waals surface area contributed by atoms with Gasteiger partial charge in [-0.25, -0.2) is 0 Å². The lowest BCUT2D eigenvalue weighted by Gasteiger charge is -2.11. The second-order valence-corrected chi connectivity index (χ2v) is 6.32. The van der Waals surface area contributed by atoms with Gasteiger partial charge in [0.25, 0.3) is 0 Å². The Balaban J connectivity index is 1.94. The fourth-order valence-corrected chi connectivity index (χ4v) is 3.86. The van der Waals surface area contributed by atoms with Crippen molar-refractivity contribution in [2.75, 3.05) is 5.75 Å². The van der Waals surface area contributed by atoms with Gasteiger partial charge < -0.3 is 5.11 Å². The van der Waals surface area contributed by atoms with Gasteiger partial charge in [0.2, 0.25) is 0 Å². The first-order chi connectivity index (χ1) is 8.16. The Kier molecular flexibility index (Phi) is 4.78. The first-order valence-electron chi connectivity index (χ1n) is 6.27. The summed E-state index contributed by atoms with van der Waals surface area (Å²) in [6.07, 6.45) is 5.06. The summed E-state index contributed by atoms with van der Waals surface area (Å²) in [5.41, 5.74) is 0.817. The molecule has 1 aliphatic carbocycles. The molecule has 1 unspecified atom stereocenters. The summed E-state index contributed by atoms with van der Waals surface area (Å²) >= 11 is 8.03. The highest BCUT2D eigenvalue weighted by Gasteiger charge is 2.15. The minimum Gasteiger partial charge on any atom is -0.389 e. The number of aliphatic hydroxyl groups excluding tert-OH is 1. The summed E-state index contributed by atoms with van der Waals surface area (Å²) < 4.78 is 0. The van der Waals surface area contributed by atoms with Gasteiger partial charge in [-0.3, -0.25) is 0 Å². The van der Waals surface area contributed by atoms with E-state index in [9.17, 15) is 5.11 Å². The van der Waals surface area contributed by atoms with Crippen LogP contribution in [0.1, 0.15) is 44.3 Å². The number of halogens is 1. The normalized spacial score (nSPS) is 18.5. The van der Waals surface area contributed by atoms with Gasteiger partial charge in [-0.1, -0.05) is 30.5 Å². The van der Waals surface area contributed by atoms with Gasteiger partial charge >= 0.3 is 0 Å². The number of aliphatic hydroxyl groups is 1. The van der Waals surface area contributed by atoms with Crippen molar-refractivity contribution in [3.63, 3.8) is 0 Å². The molecule has 0 heterocycles. The van der Waals surface area contributed by atoms with Crippen molar-refractivity contribution in [2.45, 2.75) is 43.6 Å². The zero-order valence-electron chi connectivity index (χ0n) is 10.2. The maximum absolute atomic E-state index is 9.51. The fraction of sp³-hybridized carbons (Fsp3) is 0.571. The minimum atomic E-state index is -0.489. The highest BCUT2D eigenvalue weighted by molar-refractivity contribution is 7.99. The Bertz CT molecular complexity index is 372. The standard InChI is InChI=1S/C14H19ClOS/c1-10(16)13-7-6-12(8-14(13)15)17-9-11-4-2-3-5-11/h6-8,10-11,16H,2-5,9H2,1H3. The second-order valence-electron chi connectivity index (χ2n) is 4.82. The molecule has 94 valence electrons. The highest BCUT2D eigenvalue weighted by Crippen LogP contribution is 2.33. The number of benzene rings is 1. The van der Waals surface area contributed by atoms with Crippen LogP contribution in [0.5, 0.6) is 0 Å². The van der Waals surface area contributed by atoms with Crippen LogP contribution in [0.3, 0.4) is 0 Å². The number of thioether (sulfide) groups is 1. The second kappa shape index (κ2) is 6.12. The first-order valence-corrected chi connectivity index (χ1v) is 7.63. The van der Waals surface area contributed by atoms with Crippen molar-refractivity contribution < 1.29 is 5.11 Å². The lowest BCUT2D eigenvalue weighted by atomic mass is 10.1. The zero-order valence-corrected chi connectivity index (χ0v) is 11.7. The van der Waals surface area contributed by atoms with Crippen LogP contribution in [0.4, 0.5) is 0 Å². The maximum atomic E-state index is 9.51. The van der Waals surface area contributed by atoms with Crippen LogP contribution in [-0.2, 0) is 0 Å². The number of hydrogen-bond acceptors (Lipinski definition) is 2. The van der Waals surface area contributed by atoms with Crippen LogP contribution in [0.25, 0.3) is 0 Å². The van der Waals surface area contributed by atoms with E-state index < -0.39 is 6.10 Å². The smallest absolute Gasteiger partial charge is 0.0776 e. The SMILES string of the molecule is CC(O)c1ccc(SCC2CCCC2)cc1Cl. The van der Waals surface area contributed by atoms with E-state index in [2.05, 4.69) is 6.07 Å². The highest BCUT2D eigenvalue weighted by atomic mass is 35.5. The molecule has 1 aliphatic rings. The Morgan fingerprint density at radius 1 is 1.41 bits per heavy atom. The summed E-state index contributed by atoms with van der Waals surface area (Å²) in [6, 6.07) is 5.97. The van der Waals surface area contributed by atoms with Gasteiger partial charge in [0.1, 0.15) is 0 Å². The molecule has 0 aromatic heterocycles. The molecule has 17 heavy (non-hydrogen) atoms. The van der Waals surface area contributed by atoms with Gasteiger partial charge in [-0.2, -0.15) is 0 Å². The predicted octanol–water partition coefficient (Wildman–Crippen LogP) is 4.68. The molecule has 1 fully saturated rings. The zero-order chi connectivity index (χ0) is 12.3. The third-order valence-electron chi connectivity index (χ3n) is 3.38. The molecule has 0 bridgehead atoms. The molecular formula is C14H19ClOS. The van der Waals surface area contributed by atoms with E-state index >= 15 is 0 Å². The molecule has 1 nitrogen and oxygen atoms in total. The van der Waals surface area contributed by atoms with Crippen molar-refractivity contribution >= 4 is 23.4 Å². The lowest BCUT2D eigenvalue weighted by Crippen LogP contribution is -1.97. The van der Waals surface area contributed by atoms with E-state index in [0.717, 1.165) is 11.5 Å². The van der Waals surface area contributed by atoms with Crippen LogP contribution in [0.15, 0.2) is 23.1 Å². The third kappa shape index (κ3) is 3.64. The molecule has 3 heteroatoms. The molecule has 2 rings (SSSR count). The molecule has 0 spiro atoms. The van der Waals surface area contributed by atoms with Crippen molar-refractivity contribution in [1.82, 2.24) is 0 Å². The largest absolute Gasteiger partial charge is 0.389 e. The molecular weight excluding hydrogens is 252 g/mol. The Hall–Kier alpha value is -0.180. The Morgan fingerprint density at radius 3 is 2.71 bits per heavy atom. The van der Waals surface area contributed by atoms with Crippen molar-refractivity contribution in [3.8, 4) is 0 Å². The van der Waals surface area contributed by atoms with Crippen molar-refractivity contribution in [1.29, 1.82) is 0 Å². The molecule has 1 N–H and O–H groups in total. The monoisotopic (exact) mass is 270 g/mol. The summed E-state index contributed by atoms with van der Waals surface area (Å²) in [7, 11) is 0. The Labute approximate surface area is 113 Å². The number of hydrogen-bond donors (Lipinski definition) is 1. The first kappa shape index (κ1) is 13.3. The molecule has 1 aromatic rings. The quantitative estimate of drug-likeness (QED) is 0.802. The van der Waals surface area contributed by atoms with Crippen LogP contribution >= 0.6 is 23.4 Å². The molecule has 1 aromatic carbocycles. The third-order valence-corrected chi connectivity index (χ3v) is 4.94. The average molecular weight is 271 g/mol. The van der Waals surface area contributed by atoms with Crippen molar-refractivity contribution in [2.24, 2.45) is 5.92 Å². The van der Waals surface area contributed by atoms with E-state index in [4.69, 9.17) is 11.6 Å². The fourth-order valence-electron chi connectivity index (χ4n) is 2.33. The van der Waals surface area contributed by atoms with Gasteiger partial charge in [0, 0.05) is 15.7 Å². The summed E-state index contributed by atoms with van der Waals surface area (Å²) in [5.74, 6) is 2.08. The maximum Gasteiger partial charge on any atom is 0.0776 e. The molecule has 0 radical (unpaired) electrons. The summed E-state index contributed by atoms with van der Waals surface area (Å²) in [6.45, 7) is 1.74. The number of rotatable bonds is 4. The van der Waals surface area contributed by atoms with Gasteiger partial charge in [-0.05, 0) is 43.4 Å². The van der Waals surface area contributed by atoms with Crippen LogP contribution in [0.2, 0.25) is 5.02 Å². The van der Waals surface area contributed by atoms with Crippen LogP contribution in [0, 0.1) is 5.92 Å². The van der Waals surface area contributed by atoms with E-state index in [-0.39, 0.29) is 0 Å².